The van der Waals surface area contributed by atoms with Crippen LogP contribution in [0.4, 0.5) is 0 Å². The molecule has 4 nitrogen and oxygen atoms in total. The highest BCUT2D eigenvalue weighted by Crippen LogP contribution is 2.57. The van der Waals surface area contributed by atoms with Crippen LogP contribution in [0.1, 0.15) is 56.7 Å². The smallest absolute Gasteiger partial charge is 0.231 e. The molecule has 2 heterocycles. The van der Waals surface area contributed by atoms with E-state index in [1.807, 2.05) is 0 Å². The van der Waals surface area contributed by atoms with Gasteiger partial charge in [-0.15, -0.1) is 0 Å². The van der Waals surface area contributed by atoms with E-state index in [9.17, 15) is 0 Å². The molecule has 0 aromatic carbocycles. The fraction of sp³-hybridized carbons (Fsp3) is 0.833. The van der Waals surface area contributed by atoms with Gasteiger partial charge in [0.15, 0.2) is 5.82 Å². The first-order valence-electron chi connectivity index (χ1n) is 6.21. The molecule has 2 fully saturated rings. The van der Waals surface area contributed by atoms with E-state index in [-0.39, 0.29) is 0 Å². The fourth-order valence-electron chi connectivity index (χ4n) is 2.53. The number of piperidine rings is 1. The molecule has 1 saturated carbocycles. The molecule has 1 aliphatic carbocycles. The zero-order valence-corrected chi connectivity index (χ0v) is 9.99. The van der Waals surface area contributed by atoms with Gasteiger partial charge < -0.3 is 9.84 Å². The second-order valence-electron chi connectivity index (χ2n) is 5.78. The monoisotopic (exact) mass is 221 g/mol. The molecule has 1 aliphatic heterocycles. The number of hydrogen-bond acceptors (Lipinski definition) is 4. The number of nitrogens with one attached hydrogen (secondary N) is 1. The maximum Gasteiger partial charge on any atom is 0.231 e. The van der Waals surface area contributed by atoms with E-state index in [0.29, 0.717) is 17.3 Å². The van der Waals surface area contributed by atoms with Crippen molar-refractivity contribution in [2.24, 2.45) is 5.41 Å². The van der Waals surface area contributed by atoms with Crippen LogP contribution in [0.3, 0.4) is 0 Å². The summed E-state index contributed by atoms with van der Waals surface area (Å²) in [5.74, 6) is 2.70. The number of nitrogens with zero attached hydrogens (tertiary/aromatic N) is 2. The molecular weight excluding hydrogens is 202 g/mol. The summed E-state index contributed by atoms with van der Waals surface area (Å²) in [4.78, 5) is 4.57. The second kappa shape index (κ2) is 3.55. The van der Waals surface area contributed by atoms with Crippen molar-refractivity contribution in [3.05, 3.63) is 11.7 Å². The van der Waals surface area contributed by atoms with Crippen LogP contribution in [-0.2, 0) is 0 Å². The molecular formula is C12H19N3O. The van der Waals surface area contributed by atoms with E-state index in [1.165, 1.54) is 19.3 Å². The molecule has 1 aromatic rings. The van der Waals surface area contributed by atoms with Gasteiger partial charge >= 0.3 is 0 Å². The molecule has 4 heteroatoms. The first-order valence-corrected chi connectivity index (χ1v) is 6.21. The number of aromatic nitrogens is 2. The maximum absolute atomic E-state index is 5.40. The lowest BCUT2D eigenvalue weighted by Gasteiger charge is -2.18. The predicted octanol–water partition coefficient (Wildman–Crippen LogP) is 2.05. The molecule has 0 bridgehead atoms. The van der Waals surface area contributed by atoms with Gasteiger partial charge in [-0.2, -0.15) is 4.98 Å². The Kier molecular flexibility index (Phi) is 2.28. The van der Waals surface area contributed by atoms with Crippen LogP contribution in [0.15, 0.2) is 4.52 Å². The Labute approximate surface area is 95.8 Å². The van der Waals surface area contributed by atoms with Gasteiger partial charge in [0, 0.05) is 12.5 Å². The van der Waals surface area contributed by atoms with Gasteiger partial charge in [0.2, 0.25) is 5.89 Å². The van der Waals surface area contributed by atoms with Gasteiger partial charge in [-0.1, -0.05) is 19.0 Å². The molecule has 1 saturated heterocycles. The molecule has 1 unspecified atom stereocenters. The van der Waals surface area contributed by atoms with E-state index in [4.69, 9.17) is 4.52 Å². The van der Waals surface area contributed by atoms with Crippen molar-refractivity contribution in [1.29, 1.82) is 0 Å². The SMILES string of the molecule is CC1(C)CC1c1noc([C@@H]2CCCNC2)n1. The summed E-state index contributed by atoms with van der Waals surface area (Å²) in [5, 5.41) is 7.51. The summed E-state index contributed by atoms with van der Waals surface area (Å²) in [6, 6.07) is 0. The van der Waals surface area contributed by atoms with Crippen molar-refractivity contribution in [2.75, 3.05) is 13.1 Å². The van der Waals surface area contributed by atoms with E-state index in [0.717, 1.165) is 24.8 Å². The molecule has 1 aromatic heterocycles. The van der Waals surface area contributed by atoms with E-state index in [2.05, 4.69) is 29.3 Å². The maximum atomic E-state index is 5.40. The third kappa shape index (κ3) is 1.75. The summed E-state index contributed by atoms with van der Waals surface area (Å²) in [5.41, 5.74) is 0.381. The van der Waals surface area contributed by atoms with Crippen molar-refractivity contribution in [1.82, 2.24) is 15.5 Å². The third-order valence-corrected chi connectivity index (χ3v) is 3.93. The number of hydrogen-bond donors (Lipinski definition) is 1. The van der Waals surface area contributed by atoms with Crippen LogP contribution in [-0.4, -0.2) is 23.2 Å². The van der Waals surface area contributed by atoms with Gasteiger partial charge in [-0.25, -0.2) is 0 Å². The molecule has 88 valence electrons. The molecule has 1 N–H and O–H groups in total. The second-order valence-corrected chi connectivity index (χ2v) is 5.78. The van der Waals surface area contributed by atoms with Crippen LogP contribution in [0.25, 0.3) is 0 Å². The van der Waals surface area contributed by atoms with Gasteiger partial charge in [-0.3, -0.25) is 0 Å². The van der Waals surface area contributed by atoms with Crippen LogP contribution < -0.4 is 5.32 Å². The Balaban J connectivity index is 1.72. The minimum Gasteiger partial charge on any atom is -0.339 e. The van der Waals surface area contributed by atoms with E-state index >= 15 is 0 Å². The number of rotatable bonds is 2. The fourth-order valence-corrected chi connectivity index (χ4v) is 2.53. The van der Waals surface area contributed by atoms with Gasteiger partial charge in [0.1, 0.15) is 0 Å². The van der Waals surface area contributed by atoms with Crippen molar-refractivity contribution in [3.63, 3.8) is 0 Å². The zero-order valence-electron chi connectivity index (χ0n) is 9.99. The largest absolute Gasteiger partial charge is 0.339 e. The summed E-state index contributed by atoms with van der Waals surface area (Å²) in [7, 11) is 0. The molecule has 0 spiro atoms. The quantitative estimate of drug-likeness (QED) is 0.830. The van der Waals surface area contributed by atoms with Gasteiger partial charge in [0.25, 0.3) is 0 Å². The Morgan fingerprint density at radius 1 is 1.44 bits per heavy atom. The third-order valence-electron chi connectivity index (χ3n) is 3.93. The summed E-state index contributed by atoms with van der Waals surface area (Å²) in [6.07, 6.45) is 3.56. The lowest BCUT2D eigenvalue weighted by atomic mass is 10.00. The minimum absolute atomic E-state index is 0.381. The van der Waals surface area contributed by atoms with Crippen molar-refractivity contribution >= 4 is 0 Å². The van der Waals surface area contributed by atoms with Gasteiger partial charge in [-0.05, 0) is 31.2 Å². The highest BCUT2D eigenvalue weighted by atomic mass is 16.5. The van der Waals surface area contributed by atoms with E-state index < -0.39 is 0 Å². The Hall–Kier alpha value is -0.900. The first-order chi connectivity index (χ1) is 7.67. The predicted molar refractivity (Wildman–Crippen MR) is 60.3 cm³/mol. The molecule has 3 rings (SSSR count). The highest BCUT2D eigenvalue weighted by molar-refractivity contribution is 5.15. The van der Waals surface area contributed by atoms with Crippen LogP contribution in [0, 0.1) is 5.41 Å². The van der Waals surface area contributed by atoms with E-state index in [1.54, 1.807) is 0 Å². The highest BCUT2D eigenvalue weighted by Gasteiger charge is 2.49. The lowest BCUT2D eigenvalue weighted by molar-refractivity contribution is 0.319. The molecule has 0 radical (unpaired) electrons. The standard InChI is InChI=1S/C12H19N3O/c1-12(2)6-9(12)10-14-11(16-15-10)8-4-3-5-13-7-8/h8-9,13H,3-7H2,1-2H3/t8-,9?/m1/s1. The lowest BCUT2D eigenvalue weighted by Crippen LogP contribution is -2.28. The molecule has 0 amide bonds. The normalized spacial score (nSPS) is 32.6. The first kappa shape index (κ1) is 10.3. The van der Waals surface area contributed by atoms with Crippen LogP contribution >= 0.6 is 0 Å². The molecule has 2 aliphatic rings. The Morgan fingerprint density at radius 2 is 2.25 bits per heavy atom. The average molecular weight is 221 g/mol. The molecule has 2 atom stereocenters. The van der Waals surface area contributed by atoms with Crippen LogP contribution in [0.2, 0.25) is 0 Å². The van der Waals surface area contributed by atoms with Crippen molar-refractivity contribution in [2.45, 2.75) is 44.9 Å². The summed E-state index contributed by atoms with van der Waals surface area (Å²) >= 11 is 0. The summed E-state index contributed by atoms with van der Waals surface area (Å²) in [6.45, 7) is 6.62. The Bertz CT molecular complexity index is 379. The average Bonchev–Trinajstić information content (AvgIpc) is 2.76. The van der Waals surface area contributed by atoms with Crippen molar-refractivity contribution < 1.29 is 4.52 Å². The topological polar surface area (TPSA) is 51.0 Å². The Morgan fingerprint density at radius 3 is 2.88 bits per heavy atom. The molecule has 16 heavy (non-hydrogen) atoms. The summed E-state index contributed by atoms with van der Waals surface area (Å²) < 4.78 is 5.40. The van der Waals surface area contributed by atoms with Crippen LogP contribution in [0.5, 0.6) is 0 Å². The van der Waals surface area contributed by atoms with Crippen molar-refractivity contribution in [3.8, 4) is 0 Å². The zero-order chi connectivity index (χ0) is 11.2. The van der Waals surface area contributed by atoms with Gasteiger partial charge in [0.05, 0.1) is 5.92 Å². The minimum atomic E-state index is 0.381.